The van der Waals surface area contributed by atoms with Crippen LogP contribution in [0.2, 0.25) is 0 Å². The summed E-state index contributed by atoms with van der Waals surface area (Å²) in [5.74, 6) is -15.1. The average Bonchev–Trinajstić information content (AvgIpc) is 2.87. The molecule has 1 aromatic rings. The van der Waals surface area contributed by atoms with E-state index in [1.807, 2.05) is 0 Å². The Bertz CT molecular complexity index is 799. The van der Waals surface area contributed by atoms with Crippen molar-refractivity contribution in [2.45, 2.75) is 12.8 Å². The van der Waals surface area contributed by atoms with E-state index in [-0.39, 0.29) is 39.5 Å². The second kappa shape index (κ2) is 19.7. The monoisotopic (exact) mass is 548 g/mol. The van der Waals surface area contributed by atoms with Gasteiger partial charge in [-0.2, -0.15) is 8.78 Å². The van der Waals surface area contributed by atoms with Gasteiger partial charge in [0.2, 0.25) is 34.8 Å². The van der Waals surface area contributed by atoms with E-state index >= 15 is 0 Å². The van der Waals surface area contributed by atoms with Gasteiger partial charge in [-0.25, -0.2) is 13.2 Å². The van der Waals surface area contributed by atoms with E-state index < -0.39 is 53.2 Å². The third-order valence-electron chi connectivity index (χ3n) is 4.16. The molecule has 0 aromatic heterocycles. The molecule has 0 aliphatic heterocycles. The van der Waals surface area contributed by atoms with Gasteiger partial charge in [-0.05, 0) is 0 Å². The van der Waals surface area contributed by atoms with Gasteiger partial charge in [0.15, 0.2) is 0 Å². The Morgan fingerprint density at radius 3 is 1.14 bits per heavy atom. The first-order valence-corrected chi connectivity index (χ1v) is 11.2. The number of carbonyl (C=O) groups is 2. The predicted octanol–water partition coefficient (Wildman–Crippen LogP) is 2.25. The highest BCUT2D eigenvalue weighted by atomic mass is 19.2. The molecule has 0 spiro atoms. The van der Waals surface area contributed by atoms with E-state index in [4.69, 9.17) is 33.5 Å². The SMILES string of the molecule is O=C(O)CCOCCOCCOCCOCCOCCOCCC(=O)Oc1c(F)c(F)c(F)c(F)c1F. The van der Waals surface area contributed by atoms with Gasteiger partial charge in [-0.3, -0.25) is 9.59 Å². The Morgan fingerprint density at radius 1 is 0.486 bits per heavy atom. The number of hydrogen-bond donors (Lipinski definition) is 1. The quantitative estimate of drug-likeness (QED) is 0.0577. The van der Waals surface area contributed by atoms with Crippen molar-refractivity contribution in [3.8, 4) is 5.75 Å². The Morgan fingerprint density at radius 2 is 0.784 bits per heavy atom. The van der Waals surface area contributed by atoms with Gasteiger partial charge in [-0.1, -0.05) is 0 Å². The van der Waals surface area contributed by atoms with E-state index in [2.05, 4.69) is 4.74 Å². The van der Waals surface area contributed by atoms with E-state index in [9.17, 15) is 31.5 Å². The number of esters is 1. The molecule has 0 heterocycles. The van der Waals surface area contributed by atoms with Crippen molar-refractivity contribution in [3.05, 3.63) is 29.1 Å². The molecular weight excluding hydrogens is 519 g/mol. The van der Waals surface area contributed by atoms with Crippen LogP contribution in [0.5, 0.6) is 5.75 Å². The van der Waals surface area contributed by atoms with Crippen LogP contribution in [0, 0.1) is 29.1 Å². The maximum absolute atomic E-state index is 13.5. The zero-order valence-electron chi connectivity index (χ0n) is 19.9. The summed E-state index contributed by atoms with van der Waals surface area (Å²) in [7, 11) is 0. The molecule has 0 aliphatic carbocycles. The van der Waals surface area contributed by atoms with Crippen LogP contribution in [0.3, 0.4) is 0 Å². The van der Waals surface area contributed by atoms with Crippen LogP contribution in [0.25, 0.3) is 0 Å². The van der Waals surface area contributed by atoms with E-state index in [1.165, 1.54) is 0 Å². The minimum atomic E-state index is -2.35. The van der Waals surface area contributed by atoms with Crippen LogP contribution in [-0.4, -0.2) is 96.3 Å². The standard InChI is InChI=1S/C22H29F5O10/c23-17-18(24)20(26)22(21(27)19(17)25)37-16(30)2-4-32-6-8-34-10-12-36-14-13-35-11-9-33-7-5-31-3-1-15(28)29/h1-14H2,(H,28,29). The van der Waals surface area contributed by atoms with Crippen LogP contribution < -0.4 is 4.74 Å². The van der Waals surface area contributed by atoms with Crippen molar-refractivity contribution < 1.29 is 69.8 Å². The molecule has 212 valence electrons. The Kier molecular flexibility index (Phi) is 17.3. The smallest absolute Gasteiger partial charge is 0.313 e. The number of halogens is 5. The molecule has 37 heavy (non-hydrogen) atoms. The molecule has 1 rings (SSSR count). The van der Waals surface area contributed by atoms with Crippen LogP contribution in [0.4, 0.5) is 22.0 Å². The van der Waals surface area contributed by atoms with E-state index in [1.54, 1.807) is 0 Å². The fourth-order valence-electron chi connectivity index (χ4n) is 2.36. The maximum Gasteiger partial charge on any atom is 0.313 e. The minimum absolute atomic E-state index is 0.0507. The summed E-state index contributed by atoms with van der Waals surface area (Å²) in [6.45, 7) is 2.74. The second-order valence-corrected chi connectivity index (χ2v) is 6.94. The zero-order valence-corrected chi connectivity index (χ0v) is 19.9. The maximum atomic E-state index is 13.5. The lowest BCUT2D eigenvalue weighted by Gasteiger charge is -2.09. The highest BCUT2D eigenvalue weighted by Crippen LogP contribution is 2.29. The van der Waals surface area contributed by atoms with Crippen LogP contribution in [0.15, 0.2) is 0 Å². The lowest BCUT2D eigenvalue weighted by molar-refractivity contribution is -0.138. The predicted molar refractivity (Wildman–Crippen MR) is 114 cm³/mol. The van der Waals surface area contributed by atoms with E-state index in [0.29, 0.717) is 46.2 Å². The first-order chi connectivity index (χ1) is 17.8. The van der Waals surface area contributed by atoms with Gasteiger partial charge in [0.25, 0.3) is 0 Å². The lowest BCUT2D eigenvalue weighted by atomic mass is 10.2. The van der Waals surface area contributed by atoms with Gasteiger partial charge in [-0.15, -0.1) is 0 Å². The summed E-state index contributed by atoms with van der Waals surface area (Å²) in [5.41, 5.74) is 0. The van der Waals surface area contributed by atoms with Crippen LogP contribution in [-0.2, 0) is 38.0 Å². The molecular formula is C22H29F5O10. The van der Waals surface area contributed by atoms with Crippen LogP contribution in [0.1, 0.15) is 12.8 Å². The van der Waals surface area contributed by atoms with Crippen molar-refractivity contribution >= 4 is 11.9 Å². The molecule has 1 aromatic carbocycles. The van der Waals surface area contributed by atoms with E-state index in [0.717, 1.165) is 0 Å². The Balaban J connectivity index is 1.90. The molecule has 0 atom stereocenters. The number of carboxylic acids is 1. The molecule has 0 amide bonds. The number of carboxylic acid groups (broad SMARTS) is 1. The fourth-order valence-corrected chi connectivity index (χ4v) is 2.36. The van der Waals surface area contributed by atoms with Gasteiger partial charge in [0, 0.05) is 0 Å². The molecule has 0 bridgehead atoms. The van der Waals surface area contributed by atoms with Gasteiger partial charge >= 0.3 is 11.9 Å². The second-order valence-electron chi connectivity index (χ2n) is 6.94. The largest absolute Gasteiger partial charge is 0.481 e. The number of hydrogen-bond acceptors (Lipinski definition) is 9. The molecule has 10 nitrogen and oxygen atoms in total. The summed E-state index contributed by atoms with van der Waals surface area (Å²) in [6, 6.07) is 0. The molecule has 0 fully saturated rings. The number of aliphatic carboxylic acids is 1. The lowest BCUT2D eigenvalue weighted by Crippen LogP contribution is -2.16. The molecule has 0 radical (unpaired) electrons. The first-order valence-electron chi connectivity index (χ1n) is 11.2. The first kappa shape index (κ1) is 32.6. The minimum Gasteiger partial charge on any atom is -0.481 e. The number of ether oxygens (including phenoxy) is 7. The molecule has 0 saturated carbocycles. The van der Waals surface area contributed by atoms with Gasteiger partial charge in [0.1, 0.15) is 0 Å². The van der Waals surface area contributed by atoms with Gasteiger partial charge in [0.05, 0.1) is 92.1 Å². The molecule has 0 unspecified atom stereocenters. The zero-order chi connectivity index (χ0) is 27.5. The van der Waals surface area contributed by atoms with Crippen molar-refractivity contribution in [2.75, 3.05) is 79.3 Å². The summed E-state index contributed by atoms with van der Waals surface area (Å²) in [4.78, 5) is 21.8. The third-order valence-corrected chi connectivity index (χ3v) is 4.16. The number of benzene rings is 1. The summed E-state index contributed by atoms with van der Waals surface area (Å²) in [5, 5.41) is 8.43. The summed E-state index contributed by atoms with van der Waals surface area (Å²) in [6.07, 6.45) is -0.543. The van der Waals surface area contributed by atoms with Crippen molar-refractivity contribution in [1.82, 2.24) is 0 Å². The number of rotatable bonds is 22. The van der Waals surface area contributed by atoms with Crippen molar-refractivity contribution in [1.29, 1.82) is 0 Å². The van der Waals surface area contributed by atoms with Crippen LogP contribution >= 0.6 is 0 Å². The Labute approximate surface area is 209 Å². The molecule has 0 aliphatic rings. The number of carbonyl (C=O) groups excluding carboxylic acids is 1. The third kappa shape index (κ3) is 14.2. The average molecular weight is 548 g/mol. The summed E-state index contributed by atoms with van der Waals surface area (Å²) >= 11 is 0. The normalized spacial score (nSPS) is 11.2. The Hall–Kier alpha value is -2.43. The molecule has 0 saturated heterocycles. The van der Waals surface area contributed by atoms with Crippen molar-refractivity contribution in [2.24, 2.45) is 0 Å². The topological polar surface area (TPSA) is 119 Å². The molecule has 15 heteroatoms. The van der Waals surface area contributed by atoms with Crippen molar-refractivity contribution in [3.63, 3.8) is 0 Å². The highest BCUT2D eigenvalue weighted by molar-refractivity contribution is 5.72. The highest BCUT2D eigenvalue weighted by Gasteiger charge is 2.28. The summed E-state index contributed by atoms with van der Waals surface area (Å²) < 4.78 is 101. The fraction of sp³-hybridized carbons (Fsp3) is 0.636. The molecule has 1 N–H and O–H groups in total. The van der Waals surface area contributed by atoms with Gasteiger partial charge < -0.3 is 38.3 Å².